The van der Waals surface area contributed by atoms with Gasteiger partial charge in [0.25, 0.3) is 0 Å². The van der Waals surface area contributed by atoms with Gasteiger partial charge in [0.2, 0.25) is 17.6 Å². The Morgan fingerprint density at radius 1 is 1.38 bits per heavy atom. The summed E-state index contributed by atoms with van der Waals surface area (Å²) in [5, 5.41) is 10.1. The van der Waals surface area contributed by atoms with Gasteiger partial charge in [0.05, 0.1) is 0 Å². The van der Waals surface area contributed by atoms with Gasteiger partial charge in [-0.15, -0.1) is 11.3 Å². The first kappa shape index (κ1) is 17.2. The molecule has 0 spiro atoms. The predicted octanol–water partition coefficient (Wildman–Crippen LogP) is 4.35. The molecule has 0 aromatic carbocycles. The number of carbonyl (C=O) groups is 1. The number of carbonyl (C=O) groups excluding carboxylic acids is 1. The van der Waals surface area contributed by atoms with Crippen molar-refractivity contribution in [1.29, 1.82) is 0 Å². The summed E-state index contributed by atoms with van der Waals surface area (Å²) < 4.78 is 5.41. The van der Waals surface area contributed by atoms with Crippen molar-refractivity contribution in [3.05, 3.63) is 51.2 Å². The van der Waals surface area contributed by atoms with Gasteiger partial charge in [-0.3, -0.25) is 4.79 Å². The van der Waals surface area contributed by atoms with Crippen molar-refractivity contribution in [2.24, 2.45) is 5.92 Å². The third-order valence-corrected chi connectivity index (χ3v) is 6.00. The Bertz CT molecular complexity index is 869. The molecule has 3 aromatic rings. The molecular formula is C19H19N3O2S2. The molecule has 3 aromatic heterocycles. The van der Waals surface area contributed by atoms with Crippen LogP contribution in [0.3, 0.4) is 0 Å². The Labute approximate surface area is 160 Å². The van der Waals surface area contributed by atoms with Crippen molar-refractivity contribution in [1.82, 2.24) is 15.0 Å². The van der Waals surface area contributed by atoms with Gasteiger partial charge in [-0.2, -0.15) is 16.3 Å². The SMILES string of the molecule is O=C(C=Cc1cccs1)N1CCCC(Cc2nc(-c3ccsc3)no2)C1. The van der Waals surface area contributed by atoms with Gasteiger partial charge in [0, 0.05) is 41.4 Å². The molecule has 4 rings (SSSR count). The van der Waals surface area contributed by atoms with Crippen molar-refractivity contribution in [2.45, 2.75) is 19.3 Å². The number of piperidine rings is 1. The third kappa shape index (κ3) is 4.11. The lowest BCUT2D eigenvalue weighted by molar-refractivity contribution is -0.127. The summed E-state index contributed by atoms with van der Waals surface area (Å²) in [5.41, 5.74) is 0.990. The zero-order chi connectivity index (χ0) is 17.8. The maximum Gasteiger partial charge on any atom is 0.246 e. The molecule has 134 valence electrons. The van der Waals surface area contributed by atoms with Crippen LogP contribution in [-0.4, -0.2) is 34.0 Å². The molecule has 5 nitrogen and oxygen atoms in total. The second-order valence-corrected chi connectivity index (χ2v) is 8.13. The second-order valence-electron chi connectivity index (χ2n) is 6.37. The lowest BCUT2D eigenvalue weighted by Crippen LogP contribution is -2.39. The minimum absolute atomic E-state index is 0.0765. The Morgan fingerprint density at radius 2 is 2.35 bits per heavy atom. The van der Waals surface area contributed by atoms with Crippen LogP contribution in [-0.2, 0) is 11.2 Å². The largest absolute Gasteiger partial charge is 0.339 e. The summed E-state index contributed by atoms with van der Waals surface area (Å²) in [6.07, 6.45) is 6.37. The lowest BCUT2D eigenvalue weighted by atomic mass is 9.94. The Balaban J connectivity index is 1.35. The molecule has 1 atom stereocenters. The Morgan fingerprint density at radius 3 is 3.15 bits per heavy atom. The van der Waals surface area contributed by atoms with E-state index in [0.29, 0.717) is 17.6 Å². The number of likely N-dealkylation sites (tertiary alicyclic amines) is 1. The molecule has 1 amide bonds. The number of hydrogen-bond acceptors (Lipinski definition) is 6. The van der Waals surface area contributed by atoms with Crippen LogP contribution in [0.2, 0.25) is 0 Å². The van der Waals surface area contributed by atoms with E-state index in [1.165, 1.54) is 0 Å². The van der Waals surface area contributed by atoms with E-state index in [2.05, 4.69) is 10.1 Å². The van der Waals surface area contributed by atoms with Crippen LogP contribution in [0.4, 0.5) is 0 Å². The third-order valence-electron chi connectivity index (χ3n) is 4.47. The molecule has 0 radical (unpaired) electrons. The van der Waals surface area contributed by atoms with E-state index < -0.39 is 0 Å². The van der Waals surface area contributed by atoms with Crippen LogP contribution >= 0.6 is 22.7 Å². The Kier molecular flexibility index (Phi) is 5.26. The van der Waals surface area contributed by atoms with E-state index in [-0.39, 0.29) is 5.91 Å². The van der Waals surface area contributed by atoms with Crippen LogP contribution in [0.1, 0.15) is 23.6 Å². The topological polar surface area (TPSA) is 59.2 Å². The van der Waals surface area contributed by atoms with Gasteiger partial charge >= 0.3 is 0 Å². The molecule has 1 unspecified atom stereocenters. The van der Waals surface area contributed by atoms with Crippen LogP contribution in [0, 0.1) is 5.92 Å². The van der Waals surface area contributed by atoms with Gasteiger partial charge in [-0.05, 0) is 47.7 Å². The molecule has 0 aliphatic carbocycles. The maximum absolute atomic E-state index is 12.4. The number of hydrogen-bond donors (Lipinski definition) is 0. The first-order valence-corrected chi connectivity index (χ1v) is 10.5. The van der Waals surface area contributed by atoms with Crippen molar-refractivity contribution in [3.8, 4) is 11.4 Å². The fourth-order valence-electron chi connectivity index (χ4n) is 3.17. The number of nitrogens with zero attached hydrogens (tertiary/aromatic N) is 3. The lowest BCUT2D eigenvalue weighted by Gasteiger charge is -2.31. The first-order valence-electron chi connectivity index (χ1n) is 8.63. The number of rotatable bonds is 5. The molecule has 0 saturated carbocycles. The van der Waals surface area contributed by atoms with Gasteiger partial charge in [-0.25, -0.2) is 0 Å². The summed E-state index contributed by atoms with van der Waals surface area (Å²) in [4.78, 5) is 20.0. The van der Waals surface area contributed by atoms with Crippen LogP contribution in [0.5, 0.6) is 0 Å². The van der Waals surface area contributed by atoms with Crippen molar-refractivity contribution in [2.75, 3.05) is 13.1 Å². The van der Waals surface area contributed by atoms with E-state index in [0.717, 1.165) is 42.8 Å². The molecule has 7 heteroatoms. The van der Waals surface area contributed by atoms with Crippen LogP contribution in [0.15, 0.2) is 44.9 Å². The maximum atomic E-state index is 12.4. The molecule has 4 heterocycles. The normalized spacial score (nSPS) is 17.8. The number of aromatic nitrogens is 2. The highest BCUT2D eigenvalue weighted by atomic mass is 32.1. The number of thiophene rings is 2. The van der Waals surface area contributed by atoms with Gasteiger partial charge in [-0.1, -0.05) is 11.2 Å². The minimum atomic E-state index is 0.0765. The Hall–Kier alpha value is -2.25. The first-order chi connectivity index (χ1) is 12.8. The molecule has 26 heavy (non-hydrogen) atoms. The fourth-order valence-corrected chi connectivity index (χ4v) is 4.42. The molecule has 0 bridgehead atoms. The van der Waals surface area contributed by atoms with E-state index >= 15 is 0 Å². The average Bonchev–Trinajstić information content (AvgIpc) is 3.41. The van der Waals surface area contributed by atoms with E-state index in [1.54, 1.807) is 28.7 Å². The monoisotopic (exact) mass is 385 g/mol. The molecule has 1 fully saturated rings. The van der Waals surface area contributed by atoms with Gasteiger partial charge in [0.15, 0.2) is 0 Å². The van der Waals surface area contributed by atoms with E-state index in [1.807, 2.05) is 45.3 Å². The summed E-state index contributed by atoms with van der Waals surface area (Å²) in [7, 11) is 0. The molecule has 0 N–H and O–H groups in total. The highest BCUT2D eigenvalue weighted by Gasteiger charge is 2.24. The smallest absolute Gasteiger partial charge is 0.246 e. The average molecular weight is 386 g/mol. The van der Waals surface area contributed by atoms with Crippen LogP contribution < -0.4 is 0 Å². The molecular weight excluding hydrogens is 366 g/mol. The zero-order valence-corrected chi connectivity index (χ0v) is 15.8. The summed E-state index contributed by atoms with van der Waals surface area (Å²) in [5.74, 6) is 1.73. The number of amides is 1. The fraction of sp³-hybridized carbons (Fsp3) is 0.316. The standard InChI is InChI=1S/C19H19N3O2S2/c23-18(6-5-16-4-2-9-26-16)22-8-1-3-14(12-22)11-17-20-19(21-24-17)15-7-10-25-13-15/h2,4-7,9-10,13-14H,1,3,8,11-12H2. The molecule has 1 saturated heterocycles. The molecule has 1 aliphatic heterocycles. The predicted molar refractivity (Wildman–Crippen MR) is 104 cm³/mol. The van der Waals surface area contributed by atoms with Crippen LogP contribution in [0.25, 0.3) is 17.5 Å². The minimum Gasteiger partial charge on any atom is -0.339 e. The summed E-state index contributed by atoms with van der Waals surface area (Å²) >= 11 is 3.25. The van der Waals surface area contributed by atoms with E-state index in [9.17, 15) is 4.79 Å². The molecule has 1 aliphatic rings. The summed E-state index contributed by atoms with van der Waals surface area (Å²) in [6, 6.07) is 5.98. The van der Waals surface area contributed by atoms with Crippen molar-refractivity contribution < 1.29 is 9.32 Å². The quantitative estimate of drug-likeness (QED) is 0.613. The van der Waals surface area contributed by atoms with Gasteiger partial charge < -0.3 is 9.42 Å². The van der Waals surface area contributed by atoms with Crippen molar-refractivity contribution in [3.63, 3.8) is 0 Å². The summed E-state index contributed by atoms with van der Waals surface area (Å²) in [6.45, 7) is 1.55. The van der Waals surface area contributed by atoms with Crippen molar-refractivity contribution >= 4 is 34.7 Å². The highest BCUT2D eigenvalue weighted by molar-refractivity contribution is 7.10. The highest BCUT2D eigenvalue weighted by Crippen LogP contribution is 2.23. The van der Waals surface area contributed by atoms with Gasteiger partial charge in [0.1, 0.15) is 0 Å². The zero-order valence-electron chi connectivity index (χ0n) is 14.2. The second kappa shape index (κ2) is 7.97. The van der Waals surface area contributed by atoms with E-state index in [4.69, 9.17) is 4.52 Å².